The Morgan fingerprint density at radius 3 is 2.28 bits per heavy atom. The van der Waals surface area contributed by atoms with Gasteiger partial charge in [-0.25, -0.2) is 0 Å². The first-order valence-electron chi connectivity index (χ1n) is 7.93. The van der Waals surface area contributed by atoms with Gasteiger partial charge in [-0.15, -0.1) is 0 Å². The Bertz CT molecular complexity index is 706. The van der Waals surface area contributed by atoms with Crippen LogP contribution < -0.4 is 4.90 Å². The standard InChI is InChI=1S/C19H25NO4S/c1-12(2)9-18(23)25-11-16(21)20(10-17(22)24-6)19-14(4)8-7-13(3)15(19)5/h7-9H,10-11H2,1-6H3. The van der Waals surface area contributed by atoms with E-state index in [0.29, 0.717) is 5.69 Å². The van der Waals surface area contributed by atoms with E-state index in [4.69, 9.17) is 4.74 Å². The number of methoxy groups -OCH3 is 1. The molecule has 1 amide bonds. The van der Waals surface area contributed by atoms with Crippen LogP contribution in [-0.4, -0.2) is 36.4 Å². The highest BCUT2D eigenvalue weighted by Crippen LogP contribution is 2.28. The molecule has 0 radical (unpaired) electrons. The smallest absolute Gasteiger partial charge is 0.325 e. The summed E-state index contributed by atoms with van der Waals surface area (Å²) in [5, 5.41) is -0.177. The third-order valence-electron chi connectivity index (χ3n) is 3.73. The Hall–Kier alpha value is -2.08. The average Bonchev–Trinajstić information content (AvgIpc) is 2.54. The molecule has 0 heterocycles. The van der Waals surface area contributed by atoms with Crippen molar-refractivity contribution in [3.63, 3.8) is 0 Å². The maximum absolute atomic E-state index is 12.7. The lowest BCUT2D eigenvalue weighted by molar-refractivity contribution is -0.139. The SMILES string of the molecule is COC(=O)CN(C(=O)CSC(=O)C=C(C)C)c1c(C)ccc(C)c1C. The van der Waals surface area contributed by atoms with Crippen molar-refractivity contribution in [3.05, 3.63) is 40.5 Å². The summed E-state index contributed by atoms with van der Waals surface area (Å²) in [6.07, 6.45) is 1.49. The molecule has 6 heteroatoms. The number of nitrogens with zero attached hydrogens (tertiary/aromatic N) is 1. The molecule has 1 aromatic rings. The molecule has 0 aromatic heterocycles. The van der Waals surface area contributed by atoms with E-state index in [0.717, 1.165) is 34.0 Å². The number of hydrogen-bond acceptors (Lipinski definition) is 5. The second-order valence-corrected chi connectivity index (χ2v) is 7.04. The second kappa shape index (κ2) is 9.42. The van der Waals surface area contributed by atoms with Gasteiger partial charge in [0.1, 0.15) is 6.54 Å². The van der Waals surface area contributed by atoms with E-state index < -0.39 is 5.97 Å². The molecule has 1 aromatic carbocycles. The summed E-state index contributed by atoms with van der Waals surface area (Å²) in [7, 11) is 1.29. The average molecular weight is 363 g/mol. The first-order valence-corrected chi connectivity index (χ1v) is 8.91. The van der Waals surface area contributed by atoms with Crippen LogP contribution in [0.4, 0.5) is 5.69 Å². The number of allylic oxidation sites excluding steroid dienone is 1. The van der Waals surface area contributed by atoms with Crippen LogP contribution in [0, 0.1) is 20.8 Å². The Balaban J connectivity index is 3.11. The van der Waals surface area contributed by atoms with Crippen LogP contribution in [0.5, 0.6) is 0 Å². The van der Waals surface area contributed by atoms with Crippen molar-refractivity contribution in [3.8, 4) is 0 Å². The number of carbonyl (C=O) groups is 3. The molecule has 0 aliphatic heterocycles. The first-order chi connectivity index (χ1) is 11.7. The van der Waals surface area contributed by atoms with Crippen LogP contribution in [0.3, 0.4) is 0 Å². The van der Waals surface area contributed by atoms with Crippen LogP contribution in [-0.2, 0) is 19.1 Å². The van der Waals surface area contributed by atoms with Gasteiger partial charge in [0.05, 0.1) is 18.6 Å². The van der Waals surface area contributed by atoms with Crippen molar-refractivity contribution in [2.75, 3.05) is 24.3 Å². The van der Waals surface area contributed by atoms with E-state index in [1.807, 2.05) is 46.8 Å². The van der Waals surface area contributed by atoms with E-state index in [1.165, 1.54) is 18.1 Å². The van der Waals surface area contributed by atoms with Gasteiger partial charge in [0, 0.05) is 0 Å². The number of thioether (sulfide) groups is 1. The zero-order valence-corrected chi connectivity index (χ0v) is 16.5. The van der Waals surface area contributed by atoms with Gasteiger partial charge in [0.15, 0.2) is 0 Å². The molecule has 136 valence electrons. The monoisotopic (exact) mass is 363 g/mol. The molecule has 0 saturated carbocycles. The lowest BCUT2D eigenvalue weighted by Gasteiger charge is -2.26. The molecule has 0 aliphatic rings. The van der Waals surface area contributed by atoms with E-state index in [9.17, 15) is 14.4 Å². The first kappa shape index (κ1) is 21.0. The van der Waals surface area contributed by atoms with Gasteiger partial charge < -0.3 is 4.74 Å². The van der Waals surface area contributed by atoms with Crippen molar-refractivity contribution in [2.45, 2.75) is 34.6 Å². The van der Waals surface area contributed by atoms with Gasteiger partial charge in [-0.3, -0.25) is 19.3 Å². The van der Waals surface area contributed by atoms with Crippen LogP contribution >= 0.6 is 11.8 Å². The number of esters is 1. The van der Waals surface area contributed by atoms with Crippen LogP contribution in [0.25, 0.3) is 0 Å². The number of amides is 1. The number of aryl methyl sites for hydroxylation is 2. The Morgan fingerprint density at radius 2 is 1.72 bits per heavy atom. The minimum Gasteiger partial charge on any atom is -0.468 e. The van der Waals surface area contributed by atoms with Crippen LogP contribution in [0.15, 0.2) is 23.8 Å². The second-order valence-electron chi connectivity index (χ2n) is 6.06. The summed E-state index contributed by atoms with van der Waals surface area (Å²) in [4.78, 5) is 37.7. The van der Waals surface area contributed by atoms with E-state index >= 15 is 0 Å². The summed E-state index contributed by atoms with van der Waals surface area (Å²) in [6.45, 7) is 9.22. The maximum atomic E-state index is 12.7. The number of ether oxygens (including phenoxy) is 1. The molecule has 0 spiro atoms. The molecule has 1 rings (SSSR count). The molecule has 0 atom stereocenters. The third-order valence-corrected chi connectivity index (χ3v) is 4.53. The minimum atomic E-state index is -0.505. The summed E-state index contributed by atoms with van der Waals surface area (Å²) in [5.74, 6) is -0.844. The predicted molar refractivity (Wildman–Crippen MR) is 102 cm³/mol. The molecule has 0 N–H and O–H groups in total. The van der Waals surface area contributed by atoms with E-state index in [-0.39, 0.29) is 23.3 Å². The third kappa shape index (κ3) is 6.05. The van der Waals surface area contributed by atoms with Crippen molar-refractivity contribution < 1.29 is 19.1 Å². The normalized spacial score (nSPS) is 10.2. The summed E-state index contributed by atoms with van der Waals surface area (Å²) < 4.78 is 4.72. The quantitative estimate of drug-likeness (QED) is 0.573. The van der Waals surface area contributed by atoms with E-state index in [1.54, 1.807) is 0 Å². The predicted octanol–water partition coefficient (Wildman–Crippen LogP) is 3.34. The van der Waals surface area contributed by atoms with Gasteiger partial charge >= 0.3 is 5.97 Å². The number of anilines is 1. The Morgan fingerprint density at radius 1 is 1.12 bits per heavy atom. The highest BCUT2D eigenvalue weighted by Gasteiger charge is 2.24. The van der Waals surface area contributed by atoms with Crippen LogP contribution in [0.2, 0.25) is 0 Å². The summed E-state index contributed by atoms with van der Waals surface area (Å²) >= 11 is 0.928. The Kier molecular flexibility index (Phi) is 7.90. The Labute approximate surface area is 153 Å². The van der Waals surface area contributed by atoms with Gasteiger partial charge in [-0.2, -0.15) is 0 Å². The van der Waals surface area contributed by atoms with Gasteiger partial charge in [-0.1, -0.05) is 29.5 Å². The van der Waals surface area contributed by atoms with Crippen LogP contribution in [0.1, 0.15) is 30.5 Å². The fourth-order valence-electron chi connectivity index (χ4n) is 2.33. The molecule has 0 bridgehead atoms. The zero-order valence-electron chi connectivity index (χ0n) is 15.6. The number of hydrogen-bond donors (Lipinski definition) is 0. The molecule has 0 unspecified atom stereocenters. The van der Waals surface area contributed by atoms with Crippen molar-refractivity contribution in [1.29, 1.82) is 0 Å². The fourth-order valence-corrected chi connectivity index (χ4v) is 3.07. The topological polar surface area (TPSA) is 63.7 Å². The maximum Gasteiger partial charge on any atom is 0.325 e. The molecule has 0 aliphatic carbocycles. The number of carbonyl (C=O) groups excluding carboxylic acids is 3. The lowest BCUT2D eigenvalue weighted by atomic mass is 10.0. The molecule has 5 nitrogen and oxygen atoms in total. The van der Waals surface area contributed by atoms with E-state index in [2.05, 4.69) is 0 Å². The van der Waals surface area contributed by atoms with Gasteiger partial charge in [0.25, 0.3) is 0 Å². The zero-order chi connectivity index (χ0) is 19.1. The largest absolute Gasteiger partial charge is 0.468 e. The molecular weight excluding hydrogens is 338 g/mol. The van der Waals surface area contributed by atoms with Crippen molar-refractivity contribution in [2.24, 2.45) is 0 Å². The highest BCUT2D eigenvalue weighted by molar-refractivity contribution is 8.14. The summed E-state index contributed by atoms with van der Waals surface area (Å²) in [6, 6.07) is 3.89. The van der Waals surface area contributed by atoms with Gasteiger partial charge in [0.2, 0.25) is 11.0 Å². The fraction of sp³-hybridized carbons (Fsp3) is 0.421. The highest BCUT2D eigenvalue weighted by atomic mass is 32.2. The lowest BCUT2D eigenvalue weighted by Crippen LogP contribution is -2.38. The molecule has 25 heavy (non-hydrogen) atoms. The summed E-state index contributed by atoms with van der Waals surface area (Å²) in [5.41, 5.74) is 4.42. The minimum absolute atomic E-state index is 0.0353. The number of benzene rings is 1. The number of rotatable bonds is 6. The molecular formula is C19H25NO4S. The molecule has 0 saturated heterocycles. The van der Waals surface area contributed by atoms with Crippen molar-refractivity contribution >= 4 is 34.4 Å². The van der Waals surface area contributed by atoms with Crippen molar-refractivity contribution in [1.82, 2.24) is 0 Å². The van der Waals surface area contributed by atoms with Gasteiger partial charge in [-0.05, 0) is 57.4 Å². The molecule has 0 fully saturated rings.